The molecule has 0 spiro atoms. The van der Waals surface area contributed by atoms with Crippen LogP contribution in [0, 0.1) is 18.3 Å². The molecule has 0 aromatic heterocycles. The van der Waals surface area contributed by atoms with E-state index in [4.69, 9.17) is 5.26 Å². The van der Waals surface area contributed by atoms with Gasteiger partial charge in [0, 0.05) is 11.0 Å². The zero-order valence-electron chi connectivity index (χ0n) is 10.3. The van der Waals surface area contributed by atoms with Crippen LogP contribution in [0.25, 0.3) is 0 Å². The van der Waals surface area contributed by atoms with Crippen LogP contribution >= 0.6 is 15.9 Å². The van der Waals surface area contributed by atoms with E-state index < -0.39 is 29.3 Å². The molecule has 1 amide bonds. The van der Waals surface area contributed by atoms with Gasteiger partial charge in [0.15, 0.2) is 0 Å². The van der Waals surface area contributed by atoms with Gasteiger partial charge in [0.2, 0.25) is 0 Å². The van der Waals surface area contributed by atoms with Crippen LogP contribution in [0.2, 0.25) is 0 Å². The van der Waals surface area contributed by atoms with Crippen LogP contribution in [0.4, 0.5) is 18.9 Å². The van der Waals surface area contributed by atoms with Gasteiger partial charge in [0.05, 0.1) is 17.2 Å². The molecule has 4 nitrogen and oxygen atoms in total. The van der Waals surface area contributed by atoms with E-state index in [2.05, 4.69) is 21.2 Å². The molecule has 2 N–H and O–H groups in total. The van der Waals surface area contributed by atoms with Crippen molar-refractivity contribution in [1.29, 1.82) is 5.26 Å². The third-order valence-electron chi connectivity index (χ3n) is 2.50. The fourth-order valence-corrected chi connectivity index (χ4v) is 1.75. The average Bonchev–Trinajstić information content (AvgIpc) is 2.38. The van der Waals surface area contributed by atoms with Crippen molar-refractivity contribution in [2.24, 2.45) is 0 Å². The maximum absolute atomic E-state index is 12.8. The van der Waals surface area contributed by atoms with Gasteiger partial charge < -0.3 is 10.4 Å². The lowest BCUT2D eigenvalue weighted by Gasteiger charge is -2.15. The normalized spacial score (nSPS) is 12.7. The van der Waals surface area contributed by atoms with Crippen molar-refractivity contribution >= 4 is 27.5 Å². The standard InChI is InChI=1S/C12H10BrF3N2O2/c1-6-2-7(5-17)8(12(14,15)16)3-9(6)18-11(20)10(19)4-13/h2-3,10,19H,4H2,1H3,(H,18,20)/t10-/m0/s1. The summed E-state index contributed by atoms with van der Waals surface area (Å²) in [6.45, 7) is 1.46. The monoisotopic (exact) mass is 350 g/mol. The Hall–Kier alpha value is -1.59. The Balaban J connectivity index is 3.23. The smallest absolute Gasteiger partial charge is 0.382 e. The molecule has 0 fully saturated rings. The lowest BCUT2D eigenvalue weighted by atomic mass is 10.0. The van der Waals surface area contributed by atoms with Gasteiger partial charge in [-0.2, -0.15) is 18.4 Å². The first-order valence-corrected chi connectivity index (χ1v) is 6.49. The van der Waals surface area contributed by atoms with E-state index >= 15 is 0 Å². The number of rotatable bonds is 3. The lowest BCUT2D eigenvalue weighted by Crippen LogP contribution is -2.29. The van der Waals surface area contributed by atoms with Crippen LogP contribution < -0.4 is 5.32 Å². The van der Waals surface area contributed by atoms with Gasteiger partial charge in [-0.05, 0) is 24.6 Å². The number of halogens is 4. The molecule has 0 aliphatic heterocycles. The largest absolute Gasteiger partial charge is 0.417 e. The molecule has 0 unspecified atom stereocenters. The second-order valence-electron chi connectivity index (χ2n) is 3.98. The molecular formula is C12H10BrF3N2O2. The van der Waals surface area contributed by atoms with Gasteiger partial charge in [-0.25, -0.2) is 0 Å². The SMILES string of the molecule is Cc1cc(C#N)c(C(F)(F)F)cc1NC(=O)[C@@H](O)CBr. The van der Waals surface area contributed by atoms with E-state index in [0.717, 1.165) is 6.07 Å². The van der Waals surface area contributed by atoms with Crippen molar-refractivity contribution < 1.29 is 23.1 Å². The molecule has 0 saturated carbocycles. The zero-order chi connectivity index (χ0) is 15.5. The van der Waals surface area contributed by atoms with Gasteiger partial charge in [-0.3, -0.25) is 4.79 Å². The van der Waals surface area contributed by atoms with Crippen molar-refractivity contribution in [3.05, 3.63) is 28.8 Å². The Morgan fingerprint density at radius 2 is 2.15 bits per heavy atom. The number of hydrogen-bond donors (Lipinski definition) is 2. The first-order chi connectivity index (χ1) is 9.20. The Labute approximate surface area is 121 Å². The number of amides is 1. The van der Waals surface area contributed by atoms with E-state index in [1.54, 1.807) is 0 Å². The molecule has 8 heteroatoms. The van der Waals surface area contributed by atoms with E-state index in [1.165, 1.54) is 13.0 Å². The molecule has 1 atom stereocenters. The highest BCUT2D eigenvalue weighted by molar-refractivity contribution is 9.09. The lowest BCUT2D eigenvalue weighted by molar-refractivity contribution is -0.137. The van der Waals surface area contributed by atoms with Crippen LogP contribution in [0.3, 0.4) is 0 Å². The van der Waals surface area contributed by atoms with Crippen molar-refractivity contribution in [2.45, 2.75) is 19.2 Å². The molecule has 1 aromatic carbocycles. The highest BCUT2D eigenvalue weighted by atomic mass is 79.9. The first kappa shape index (κ1) is 16.5. The van der Waals surface area contributed by atoms with Gasteiger partial charge in [-0.15, -0.1) is 0 Å². The Kier molecular flexibility index (Phi) is 5.14. The highest BCUT2D eigenvalue weighted by Crippen LogP contribution is 2.35. The predicted molar refractivity (Wildman–Crippen MR) is 69.3 cm³/mol. The number of carbonyl (C=O) groups excluding carboxylic acids is 1. The average molecular weight is 351 g/mol. The van der Waals surface area contributed by atoms with E-state index in [0.29, 0.717) is 11.6 Å². The molecule has 0 saturated heterocycles. The van der Waals surface area contributed by atoms with Gasteiger partial charge >= 0.3 is 6.18 Å². The Morgan fingerprint density at radius 1 is 1.55 bits per heavy atom. The summed E-state index contributed by atoms with van der Waals surface area (Å²) >= 11 is 2.88. The van der Waals surface area contributed by atoms with E-state index in [-0.39, 0.29) is 11.0 Å². The maximum Gasteiger partial charge on any atom is 0.417 e. The summed E-state index contributed by atoms with van der Waals surface area (Å²) in [5.74, 6) is -0.831. The fraction of sp³-hybridized carbons (Fsp3) is 0.333. The number of aliphatic hydroxyl groups is 1. The van der Waals surface area contributed by atoms with Crippen LogP contribution in [0.5, 0.6) is 0 Å². The van der Waals surface area contributed by atoms with Crippen LogP contribution in [-0.2, 0) is 11.0 Å². The fourth-order valence-electron chi connectivity index (χ4n) is 1.46. The summed E-state index contributed by atoms with van der Waals surface area (Å²) < 4.78 is 38.4. The molecule has 0 aliphatic carbocycles. The summed E-state index contributed by atoms with van der Waals surface area (Å²) in [6.07, 6.45) is -6.08. The van der Waals surface area contributed by atoms with Crippen molar-refractivity contribution in [1.82, 2.24) is 0 Å². The maximum atomic E-state index is 12.8. The Bertz CT molecular complexity index is 567. The van der Waals surface area contributed by atoms with Crippen molar-refractivity contribution in [3.8, 4) is 6.07 Å². The number of carbonyl (C=O) groups is 1. The summed E-state index contributed by atoms with van der Waals surface area (Å²) in [5, 5.41) is 20.2. The number of benzene rings is 1. The molecule has 0 radical (unpaired) electrons. The second kappa shape index (κ2) is 6.24. The number of aryl methyl sites for hydroxylation is 1. The van der Waals surface area contributed by atoms with Crippen molar-refractivity contribution in [2.75, 3.05) is 10.6 Å². The summed E-state index contributed by atoms with van der Waals surface area (Å²) in [7, 11) is 0. The number of alkyl halides is 4. The molecule has 1 aromatic rings. The third-order valence-corrected chi connectivity index (χ3v) is 3.11. The number of nitriles is 1. The van der Waals surface area contributed by atoms with Gasteiger partial charge in [0.1, 0.15) is 6.10 Å². The highest BCUT2D eigenvalue weighted by Gasteiger charge is 2.34. The Morgan fingerprint density at radius 3 is 2.60 bits per heavy atom. The minimum Gasteiger partial charge on any atom is -0.382 e. The number of nitrogens with zero attached hydrogens (tertiary/aromatic N) is 1. The molecule has 20 heavy (non-hydrogen) atoms. The second-order valence-corrected chi connectivity index (χ2v) is 4.63. The summed E-state index contributed by atoms with van der Waals surface area (Å²) in [5.41, 5.74) is -1.45. The third kappa shape index (κ3) is 3.71. The number of anilines is 1. The van der Waals surface area contributed by atoms with Crippen LogP contribution in [-0.4, -0.2) is 22.4 Å². The molecule has 0 bridgehead atoms. The topological polar surface area (TPSA) is 73.1 Å². The molecular weight excluding hydrogens is 341 g/mol. The summed E-state index contributed by atoms with van der Waals surface area (Å²) in [4.78, 5) is 11.5. The number of aliphatic hydroxyl groups excluding tert-OH is 1. The summed E-state index contributed by atoms with van der Waals surface area (Å²) in [6, 6.07) is 3.20. The number of hydrogen-bond acceptors (Lipinski definition) is 3. The van der Waals surface area contributed by atoms with Crippen LogP contribution in [0.15, 0.2) is 12.1 Å². The minimum atomic E-state index is -4.70. The number of nitrogens with one attached hydrogen (secondary N) is 1. The molecule has 108 valence electrons. The van der Waals surface area contributed by atoms with Gasteiger partial charge in [-0.1, -0.05) is 15.9 Å². The van der Waals surface area contributed by atoms with Gasteiger partial charge in [0.25, 0.3) is 5.91 Å². The van der Waals surface area contributed by atoms with Crippen molar-refractivity contribution in [3.63, 3.8) is 0 Å². The first-order valence-electron chi connectivity index (χ1n) is 5.37. The molecule has 0 aliphatic rings. The van der Waals surface area contributed by atoms with Crippen LogP contribution in [0.1, 0.15) is 16.7 Å². The van der Waals surface area contributed by atoms with E-state index in [1.807, 2.05) is 0 Å². The quantitative estimate of drug-likeness (QED) is 0.823. The predicted octanol–water partition coefficient (Wildman–Crippen LogP) is 2.58. The van der Waals surface area contributed by atoms with E-state index in [9.17, 15) is 23.1 Å². The molecule has 1 rings (SSSR count). The molecule has 0 heterocycles. The zero-order valence-corrected chi connectivity index (χ0v) is 11.8. The minimum absolute atomic E-state index is 0.0414.